The molecule has 0 bridgehead atoms. The molecular weight excluding hydrogens is 232 g/mol. The third-order valence-corrected chi connectivity index (χ3v) is 2.26. The van der Waals surface area contributed by atoms with Gasteiger partial charge in [-0.15, -0.1) is 0 Å². The molecule has 0 atom stereocenters. The zero-order chi connectivity index (χ0) is 13.1. The van der Waals surface area contributed by atoms with Crippen LogP contribution in [0.5, 0.6) is 0 Å². The Hall–Kier alpha value is -2.63. The van der Waals surface area contributed by atoms with Crippen molar-refractivity contribution in [1.29, 1.82) is 0 Å². The lowest BCUT2D eigenvalue weighted by molar-refractivity contribution is -0.255. The maximum atomic E-state index is 10.6. The first-order valence-corrected chi connectivity index (χ1v) is 5.24. The van der Waals surface area contributed by atoms with Gasteiger partial charge < -0.3 is 21.0 Å². The van der Waals surface area contributed by atoms with Gasteiger partial charge in [0.1, 0.15) is 5.82 Å². The molecule has 0 saturated heterocycles. The Kier molecular flexibility index (Phi) is 3.09. The average Bonchev–Trinajstić information content (AvgIpc) is 2.28. The van der Waals surface area contributed by atoms with Gasteiger partial charge in [0.25, 0.3) is 0 Å². The van der Waals surface area contributed by atoms with Gasteiger partial charge in [-0.2, -0.15) is 4.98 Å². The normalized spacial score (nSPS) is 10.1. The molecule has 1 heterocycles. The number of hydrogen-bond donors (Lipinski definition) is 2. The highest BCUT2D eigenvalue weighted by Gasteiger charge is 2.00. The summed E-state index contributed by atoms with van der Waals surface area (Å²) in [4.78, 5) is 18.6. The number of aromatic nitrogens is 2. The van der Waals surface area contributed by atoms with Crippen LogP contribution in [0.25, 0.3) is 0 Å². The Morgan fingerprint density at radius 1 is 1.28 bits per heavy atom. The molecule has 0 unspecified atom stereocenters. The molecule has 1 aromatic heterocycles. The van der Waals surface area contributed by atoms with E-state index in [1.165, 1.54) is 12.1 Å². The number of anilines is 3. The molecule has 0 fully saturated rings. The molecule has 6 nitrogen and oxygen atoms in total. The largest absolute Gasteiger partial charge is 0.545 e. The average molecular weight is 243 g/mol. The smallest absolute Gasteiger partial charge is 0.222 e. The van der Waals surface area contributed by atoms with Crippen LogP contribution in [0.3, 0.4) is 0 Å². The van der Waals surface area contributed by atoms with Gasteiger partial charge >= 0.3 is 0 Å². The molecule has 2 aromatic rings. The standard InChI is InChI=1S/C12H12N4O2/c1-7-6-10(16-12(13)14-7)15-9-4-2-8(3-5-9)11(17)18/h2-6H,1H3,(H,17,18)(H3,13,14,15,16)/p-1. The molecule has 0 amide bonds. The quantitative estimate of drug-likeness (QED) is 0.812. The molecule has 0 aliphatic carbocycles. The van der Waals surface area contributed by atoms with Gasteiger partial charge in [0.15, 0.2) is 0 Å². The van der Waals surface area contributed by atoms with Crippen molar-refractivity contribution in [3.05, 3.63) is 41.6 Å². The third kappa shape index (κ3) is 2.73. The first kappa shape index (κ1) is 11.8. The summed E-state index contributed by atoms with van der Waals surface area (Å²) in [6.07, 6.45) is 0. The number of nitrogen functional groups attached to an aromatic ring is 1. The topological polar surface area (TPSA) is 104 Å². The van der Waals surface area contributed by atoms with E-state index in [4.69, 9.17) is 5.73 Å². The second kappa shape index (κ2) is 4.70. The lowest BCUT2D eigenvalue weighted by atomic mass is 10.2. The van der Waals surface area contributed by atoms with Crippen LogP contribution in [-0.4, -0.2) is 15.9 Å². The molecule has 1 aromatic carbocycles. The fourth-order valence-corrected chi connectivity index (χ4v) is 1.49. The number of nitrogens with two attached hydrogens (primary N) is 1. The van der Waals surface area contributed by atoms with Crippen LogP contribution in [0.4, 0.5) is 17.5 Å². The number of nitrogens with zero attached hydrogens (tertiary/aromatic N) is 2. The second-order valence-corrected chi connectivity index (χ2v) is 3.74. The molecule has 0 radical (unpaired) electrons. The summed E-state index contributed by atoms with van der Waals surface area (Å²) in [7, 11) is 0. The summed E-state index contributed by atoms with van der Waals surface area (Å²) in [6.45, 7) is 1.81. The molecule has 18 heavy (non-hydrogen) atoms. The monoisotopic (exact) mass is 243 g/mol. The molecular formula is C12H11N4O2-. The summed E-state index contributed by atoms with van der Waals surface area (Å²) in [6, 6.07) is 7.89. The van der Waals surface area contributed by atoms with Crippen molar-refractivity contribution in [2.24, 2.45) is 0 Å². The molecule has 0 spiro atoms. The van der Waals surface area contributed by atoms with Gasteiger partial charge in [0.2, 0.25) is 5.95 Å². The zero-order valence-electron chi connectivity index (χ0n) is 9.68. The number of carbonyl (C=O) groups is 1. The Balaban J connectivity index is 2.20. The van der Waals surface area contributed by atoms with E-state index in [1.807, 2.05) is 6.92 Å². The van der Waals surface area contributed by atoms with Crippen molar-refractivity contribution in [2.45, 2.75) is 6.92 Å². The van der Waals surface area contributed by atoms with Gasteiger partial charge in [0.05, 0.1) is 5.97 Å². The van der Waals surface area contributed by atoms with Crippen LogP contribution in [0.1, 0.15) is 16.1 Å². The molecule has 3 N–H and O–H groups in total. The Labute approximate surface area is 104 Å². The number of carbonyl (C=O) groups excluding carboxylic acids is 1. The number of carboxylic acids is 1. The minimum Gasteiger partial charge on any atom is -0.545 e. The molecule has 2 rings (SSSR count). The van der Waals surface area contributed by atoms with Crippen LogP contribution in [0, 0.1) is 6.92 Å². The summed E-state index contributed by atoms with van der Waals surface area (Å²) in [5.41, 5.74) is 7.11. The minimum atomic E-state index is -1.20. The Bertz CT molecular complexity index is 561. The molecule has 0 aliphatic heterocycles. The molecule has 6 heteroatoms. The van der Waals surface area contributed by atoms with Crippen molar-refractivity contribution in [3.63, 3.8) is 0 Å². The maximum Gasteiger partial charge on any atom is 0.222 e. The van der Waals surface area contributed by atoms with Crippen LogP contribution in [0.2, 0.25) is 0 Å². The first-order chi connectivity index (χ1) is 8.54. The van der Waals surface area contributed by atoms with Gasteiger partial charge in [-0.3, -0.25) is 0 Å². The number of hydrogen-bond acceptors (Lipinski definition) is 6. The predicted octanol–water partition coefficient (Wildman–Crippen LogP) is 0.474. The number of rotatable bonds is 3. The lowest BCUT2D eigenvalue weighted by Crippen LogP contribution is -2.21. The van der Waals surface area contributed by atoms with Gasteiger partial charge in [-0.25, -0.2) is 4.98 Å². The van der Waals surface area contributed by atoms with E-state index in [0.717, 1.165) is 5.69 Å². The highest BCUT2D eigenvalue weighted by Crippen LogP contribution is 2.16. The van der Waals surface area contributed by atoms with Gasteiger partial charge in [-0.1, -0.05) is 12.1 Å². The van der Waals surface area contributed by atoms with Crippen molar-refractivity contribution in [3.8, 4) is 0 Å². The Morgan fingerprint density at radius 3 is 2.50 bits per heavy atom. The lowest BCUT2D eigenvalue weighted by Gasteiger charge is -2.08. The molecule has 0 saturated carbocycles. The number of carboxylic acid groups (broad SMARTS) is 1. The zero-order valence-corrected chi connectivity index (χ0v) is 9.68. The fourth-order valence-electron chi connectivity index (χ4n) is 1.49. The number of aromatic carboxylic acids is 1. The summed E-state index contributed by atoms with van der Waals surface area (Å²) < 4.78 is 0. The van der Waals surface area contributed by atoms with E-state index in [1.54, 1.807) is 18.2 Å². The highest BCUT2D eigenvalue weighted by atomic mass is 16.4. The van der Waals surface area contributed by atoms with Gasteiger partial charge in [0, 0.05) is 17.4 Å². The molecule has 92 valence electrons. The fraction of sp³-hybridized carbons (Fsp3) is 0.0833. The number of nitrogens with one attached hydrogen (secondary N) is 1. The summed E-state index contributed by atoms with van der Waals surface area (Å²) >= 11 is 0. The van der Waals surface area contributed by atoms with E-state index in [2.05, 4.69) is 15.3 Å². The third-order valence-electron chi connectivity index (χ3n) is 2.26. The van der Waals surface area contributed by atoms with Crippen molar-refractivity contribution >= 4 is 23.4 Å². The highest BCUT2D eigenvalue weighted by molar-refractivity contribution is 5.86. The van der Waals surface area contributed by atoms with E-state index in [0.29, 0.717) is 11.5 Å². The summed E-state index contributed by atoms with van der Waals surface area (Å²) in [5.74, 6) is -0.464. The van der Waals surface area contributed by atoms with Crippen molar-refractivity contribution in [1.82, 2.24) is 9.97 Å². The second-order valence-electron chi connectivity index (χ2n) is 3.74. The Morgan fingerprint density at radius 2 is 1.94 bits per heavy atom. The minimum absolute atomic E-state index is 0.124. The van der Waals surface area contributed by atoms with E-state index < -0.39 is 5.97 Å². The summed E-state index contributed by atoms with van der Waals surface area (Å²) in [5, 5.41) is 13.6. The van der Waals surface area contributed by atoms with E-state index in [-0.39, 0.29) is 11.5 Å². The van der Waals surface area contributed by atoms with E-state index >= 15 is 0 Å². The molecule has 0 aliphatic rings. The van der Waals surface area contributed by atoms with Crippen LogP contribution >= 0.6 is 0 Å². The van der Waals surface area contributed by atoms with E-state index in [9.17, 15) is 9.90 Å². The van der Waals surface area contributed by atoms with Crippen molar-refractivity contribution < 1.29 is 9.90 Å². The van der Waals surface area contributed by atoms with Crippen molar-refractivity contribution in [2.75, 3.05) is 11.1 Å². The number of aryl methyl sites for hydroxylation is 1. The number of benzene rings is 1. The SMILES string of the molecule is Cc1cc(Nc2ccc(C(=O)[O-])cc2)nc(N)n1. The van der Waals surface area contributed by atoms with Crippen LogP contribution in [0.15, 0.2) is 30.3 Å². The maximum absolute atomic E-state index is 10.6. The van der Waals surface area contributed by atoms with Gasteiger partial charge in [-0.05, 0) is 24.6 Å². The first-order valence-electron chi connectivity index (χ1n) is 5.24. The van der Waals surface area contributed by atoms with Crippen LogP contribution < -0.4 is 16.2 Å². The van der Waals surface area contributed by atoms with Crippen LogP contribution in [-0.2, 0) is 0 Å². The predicted molar refractivity (Wildman–Crippen MR) is 65.2 cm³/mol.